The van der Waals surface area contributed by atoms with Gasteiger partial charge in [-0.2, -0.15) is 0 Å². The number of aliphatic hydroxyl groups is 1. The Morgan fingerprint density at radius 3 is 2.93 bits per heavy atom. The number of nitrogens with one attached hydrogen (secondary N) is 1. The number of carbonyl (C=O) groups excluding carboxylic acids is 1. The molecule has 1 unspecified atom stereocenters. The number of rotatable bonds is 13. The van der Waals surface area contributed by atoms with Gasteiger partial charge in [0.2, 0.25) is 0 Å². The van der Waals surface area contributed by atoms with Crippen molar-refractivity contribution in [2.24, 2.45) is 5.92 Å². The molecule has 0 radical (unpaired) electrons. The SMILES string of the molecule is CCCCC(CC)COC(=O)CCSc1ccnc(NCC2(O)CC2)c1Cl. The van der Waals surface area contributed by atoms with E-state index in [1.807, 2.05) is 6.07 Å². The molecular weight excluding hydrogens is 384 g/mol. The first-order valence-electron chi connectivity index (χ1n) is 9.86. The van der Waals surface area contributed by atoms with E-state index < -0.39 is 5.60 Å². The summed E-state index contributed by atoms with van der Waals surface area (Å²) in [5, 5.41) is 13.6. The quantitative estimate of drug-likeness (QED) is 0.353. The Morgan fingerprint density at radius 2 is 2.26 bits per heavy atom. The smallest absolute Gasteiger partial charge is 0.306 e. The topological polar surface area (TPSA) is 71.5 Å². The summed E-state index contributed by atoms with van der Waals surface area (Å²) in [7, 11) is 0. The molecule has 1 aromatic rings. The van der Waals surface area contributed by atoms with Crippen LogP contribution in [-0.2, 0) is 9.53 Å². The first-order valence-corrected chi connectivity index (χ1v) is 11.2. The summed E-state index contributed by atoms with van der Waals surface area (Å²) in [4.78, 5) is 17.1. The highest BCUT2D eigenvalue weighted by molar-refractivity contribution is 7.99. The Kier molecular flexibility index (Phi) is 9.19. The van der Waals surface area contributed by atoms with Crippen LogP contribution >= 0.6 is 23.4 Å². The van der Waals surface area contributed by atoms with Gasteiger partial charge in [-0.25, -0.2) is 4.98 Å². The predicted octanol–water partition coefficient (Wildman–Crippen LogP) is 4.91. The van der Waals surface area contributed by atoms with Gasteiger partial charge in [0.15, 0.2) is 0 Å². The number of carbonyl (C=O) groups is 1. The lowest BCUT2D eigenvalue weighted by Gasteiger charge is -2.15. The zero-order chi connectivity index (χ0) is 19.7. The molecule has 0 spiro atoms. The van der Waals surface area contributed by atoms with Crippen LogP contribution in [0, 0.1) is 5.92 Å². The first kappa shape index (κ1) is 22.3. The Balaban J connectivity index is 1.71. The summed E-state index contributed by atoms with van der Waals surface area (Å²) in [5.74, 6) is 1.49. The first-order chi connectivity index (χ1) is 13.0. The van der Waals surface area contributed by atoms with Gasteiger partial charge in [-0.15, -0.1) is 11.8 Å². The highest BCUT2D eigenvalue weighted by atomic mass is 35.5. The van der Waals surface area contributed by atoms with Crippen LogP contribution in [0.5, 0.6) is 0 Å². The van der Waals surface area contributed by atoms with Gasteiger partial charge in [0.25, 0.3) is 0 Å². The fraction of sp³-hybridized carbons (Fsp3) is 0.700. The minimum Gasteiger partial charge on any atom is -0.465 e. The third-order valence-electron chi connectivity index (χ3n) is 4.85. The van der Waals surface area contributed by atoms with Crippen LogP contribution in [-0.4, -0.2) is 40.6 Å². The highest BCUT2D eigenvalue weighted by Crippen LogP contribution is 2.37. The van der Waals surface area contributed by atoms with E-state index in [0.29, 0.717) is 42.1 Å². The standard InChI is InChI=1S/C20H31ClN2O3S/c1-3-5-6-15(4-2)13-26-17(24)8-12-27-16-7-11-22-19(18(16)21)23-14-20(25)9-10-20/h7,11,15,25H,3-6,8-10,12-14H2,1-2H3,(H,22,23). The van der Waals surface area contributed by atoms with Gasteiger partial charge >= 0.3 is 5.97 Å². The maximum absolute atomic E-state index is 12.0. The zero-order valence-corrected chi connectivity index (χ0v) is 17.9. The van der Waals surface area contributed by atoms with Gasteiger partial charge in [-0.05, 0) is 31.2 Å². The van der Waals surface area contributed by atoms with E-state index in [2.05, 4.69) is 24.1 Å². The van der Waals surface area contributed by atoms with Crippen molar-refractivity contribution in [1.29, 1.82) is 0 Å². The van der Waals surface area contributed by atoms with E-state index in [4.69, 9.17) is 16.3 Å². The van der Waals surface area contributed by atoms with Gasteiger partial charge < -0.3 is 15.2 Å². The van der Waals surface area contributed by atoms with Crippen molar-refractivity contribution in [2.45, 2.75) is 69.3 Å². The zero-order valence-electron chi connectivity index (χ0n) is 16.3. The van der Waals surface area contributed by atoms with Gasteiger partial charge in [0, 0.05) is 23.4 Å². The van der Waals surface area contributed by atoms with Crippen LogP contribution in [0.2, 0.25) is 5.02 Å². The van der Waals surface area contributed by atoms with E-state index in [-0.39, 0.29) is 5.97 Å². The van der Waals surface area contributed by atoms with E-state index in [1.165, 1.54) is 24.6 Å². The van der Waals surface area contributed by atoms with E-state index in [0.717, 1.165) is 30.6 Å². The van der Waals surface area contributed by atoms with Crippen molar-refractivity contribution >= 4 is 35.1 Å². The molecule has 2 rings (SSSR count). The van der Waals surface area contributed by atoms with Gasteiger partial charge in [0.1, 0.15) is 5.82 Å². The number of thioether (sulfide) groups is 1. The maximum Gasteiger partial charge on any atom is 0.306 e. The van der Waals surface area contributed by atoms with Crippen LogP contribution in [0.1, 0.15) is 58.8 Å². The number of aromatic nitrogens is 1. The largest absolute Gasteiger partial charge is 0.465 e. The number of pyridine rings is 1. The van der Waals surface area contributed by atoms with Crippen molar-refractivity contribution in [2.75, 3.05) is 24.2 Å². The summed E-state index contributed by atoms with van der Waals surface area (Å²) in [6, 6.07) is 1.84. The molecule has 1 aliphatic carbocycles. The summed E-state index contributed by atoms with van der Waals surface area (Å²) >= 11 is 7.92. The molecule has 0 aliphatic heterocycles. The number of nitrogens with zero attached hydrogens (tertiary/aromatic N) is 1. The van der Waals surface area contributed by atoms with Crippen LogP contribution in [0.4, 0.5) is 5.82 Å². The molecule has 1 fully saturated rings. The van der Waals surface area contributed by atoms with Crippen molar-refractivity contribution in [1.82, 2.24) is 4.98 Å². The molecule has 5 nitrogen and oxygen atoms in total. The van der Waals surface area contributed by atoms with E-state index in [1.54, 1.807) is 6.20 Å². The maximum atomic E-state index is 12.0. The molecule has 27 heavy (non-hydrogen) atoms. The second-order valence-electron chi connectivity index (χ2n) is 7.25. The van der Waals surface area contributed by atoms with Crippen molar-refractivity contribution in [3.63, 3.8) is 0 Å². The monoisotopic (exact) mass is 414 g/mol. The number of anilines is 1. The molecule has 2 N–H and O–H groups in total. The molecule has 152 valence electrons. The molecule has 1 aromatic heterocycles. The lowest BCUT2D eigenvalue weighted by Crippen LogP contribution is -2.21. The van der Waals surface area contributed by atoms with Gasteiger partial charge in [0.05, 0.1) is 23.7 Å². The molecule has 1 saturated carbocycles. The number of esters is 1. The number of hydrogen-bond acceptors (Lipinski definition) is 6. The second-order valence-corrected chi connectivity index (χ2v) is 8.76. The Hall–Kier alpha value is -0.980. The van der Waals surface area contributed by atoms with Crippen molar-refractivity contribution < 1.29 is 14.6 Å². The van der Waals surface area contributed by atoms with Crippen molar-refractivity contribution in [3.8, 4) is 0 Å². The molecule has 7 heteroatoms. The highest BCUT2D eigenvalue weighted by Gasteiger charge is 2.40. The molecule has 1 atom stereocenters. The number of hydrogen-bond donors (Lipinski definition) is 2. The Bertz CT molecular complexity index is 611. The van der Waals surface area contributed by atoms with E-state index in [9.17, 15) is 9.90 Å². The fourth-order valence-electron chi connectivity index (χ4n) is 2.66. The van der Waals surface area contributed by atoms with Gasteiger partial charge in [-0.3, -0.25) is 4.79 Å². The Morgan fingerprint density at radius 1 is 1.48 bits per heavy atom. The molecule has 0 bridgehead atoms. The predicted molar refractivity (Wildman–Crippen MR) is 112 cm³/mol. The van der Waals surface area contributed by atoms with Crippen LogP contribution in [0.3, 0.4) is 0 Å². The third-order valence-corrected chi connectivity index (χ3v) is 6.41. The second kappa shape index (κ2) is 11.1. The fourth-order valence-corrected chi connectivity index (χ4v) is 3.87. The molecular formula is C20H31ClN2O3S. The lowest BCUT2D eigenvalue weighted by molar-refractivity contribution is -0.144. The Labute approximate surface area is 171 Å². The summed E-state index contributed by atoms with van der Waals surface area (Å²) in [5.41, 5.74) is -0.606. The number of halogens is 1. The minimum absolute atomic E-state index is 0.156. The molecule has 0 saturated heterocycles. The van der Waals surface area contributed by atoms with Gasteiger partial charge in [-0.1, -0.05) is 44.7 Å². The number of ether oxygens (including phenoxy) is 1. The number of unbranched alkanes of at least 4 members (excludes halogenated alkanes) is 1. The lowest BCUT2D eigenvalue weighted by atomic mass is 10.0. The van der Waals surface area contributed by atoms with Crippen LogP contribution in [0.25, 0.3) is 0 Å². The van der Waals surface area contributed by atoms with Crippen LogP contribution in [0.15, 0.2) is 17.2 Å². The summed E-state index contributed by atoms with van der Waals surface area (Å²) < 4.78 is 5.43. The average molecular weight is 415 g/mol. The third kappa shape index (κ3) is 7.88. The molecule has 0 aromatic carbocycles. The van der Waals surface area contributed by atoms with Crippen LogP contribution < -0.4 is 5.32 Å². The average Bonchev–Trinajstić information content (AvgIpc) is 3.40. The molecule has 1 heterocycles. The van der Waals surface area contributed by atoms with E-state index >= 15 is 0 Å². The van der Waals surface area contributed by atoms with Crippen molar-refractivity contribution in [3.05, 3.63) is 17.3 Å². The molecule has 0 amide bonds. The summed E-state index contributed by atoms with van der Waals surface area (Å²) in [6.07, 6.45) is 8.18. The molecule has 1 aliphatic rings. The normalized spacial score (nSPS) is 16.0. The summed E-state index contributed by atoms with van der Waals surface area (Å²) in [6.45, 7) is 5.29. The minimum atomic E-state index is -0.606.